The van der Waals surface area contributed by atoms with E-state index in [2.05, 4.69) is 25.6 Å². The molecule has 0 amide bonds. The van der Waals surface area contributed by atoms with Crippen molar-refractivity contribution in [2.24, 2.45) is 5.84 Å². The van der Waals surface area contributed by atoms with Crippen molar-refractivity contribution in [2.75, 3.05) is 23.8 Å². The van der Waals surface area contributed by atoms with Crippen LogP contribution in [0.25, 0.3) is 0 Å². The number of aromatic nitrogens is 2. The molecule has 0 radical (unpaired) electrons. The van der Waals surface area contributed by atoms with Crippen molar-refractivity contribution in [3.8, 4) is 0 Å². The second-order valence-electron chi connectivity index (χ2n) is 5.11. The summed E-state index contributed by atoms with van der Waals surface area (Å²) in [5.74, 6) is 5.66. The molecule has 3 heterocycles. The third-order valence-corrected chi connectivity index (χ3v) is 4.02. The summed E-state index contributed by atoms with van der Waals surface area (Å²) in [6, 6.07) is 0.635. The van der Waals surface area contributed by atoms with E-state index < -0.39 is 4.92 Å². The van der Waals surface area contributed by atoms with Crippen LogP contribution in [0.3, 0.4) is 0 Å². The number of nitro groups is 1. The predicted octanol–water partition coefficient (Wildman–Crippen LogP) is 0.319. The molecule has 2 atom stereocenters. The normalized spacial score (nSPS) is 25.4. The van der Waals surface area contributed by atoms with E-state index in [1.54, 1.807) is 0 Å². The average Bonchev–Trinajstić information content (AvgIpc) is 3.03. The standard InChI is InChI=1S/C11H17N7O2/c12-16-11-13-6-9(18(19)20)10(15-11)14-7-3-5-17-4-1-2-8(7)17/h6-8H,1-5,12H2,(H2,13,14,15,16). The number of nitrogen functional groups attached to an aromatic ring is 1. The second kappa shape index (κ2) is 5.17. The fourth-order valence-corrected chi connectivity index (χ4v) is 3.11. The van der Waals surface area contributed by atoms with Gasteiger partial charge in [-0.15, -0.1) is 0 Å². The first-order valence-electron chi connectivity index (χ1n) is 6.67. The van der Waals surface area contributed by atoms with Crippen molar-refractivity contribution >= 4 is 17.5 Å². The molecule has 2 unspecified atom stereocenters. The Balaban J connectivity index is 1.83. The monoisotopic (exact) mass is 279 g/mol. The highest BCUT2D eigenvalue weighted by Crippen LogP contribution is 2.32. The Morgan fingerprint density at radius 1 is 1.45 bits per heavy atom. The summed E-state index contributed by atoms with van der Waals surface area (Å²) >= 11 is 0. The molecule has 4 N–H and O–H groups in total. The van der Waals surface area contributed by atoms with Crippen molar-refractivity contribution < 1.29 is 4.92 Å². The molecule has 9 nitrogen and oxygen atoms in total. The zero-order chi connectivity index (χ0) is 14.1. The maximum absolute atomic E-state index is 11.0. The Hall–Kier alpha value is -2.00. The predicted molar refractivity (Wildman–Crippen MR) is 73.1 cm³/mol. The van der Waals surface area contributed by atoms with Gasteiger partial charge in [0.05, 0.1) is 4.92 Å². The quantitative estimate of drug-likeness (QED) is 0.409. The first-order chi connectivity index (χ1) is 9.69. The molecule has 20 heavy (non-hydrogen) atoms. The number of anilines is 2. The van der Waals surface area contributed by atoms with Gasteiger partial charge in [0.2, 0.25) is 11.8 Å². The van der Waals surface area contributed by atoms with E-state index >= 15 is 0 Å². The maximum atomic E-state index is 11.0. The van der Waals surface area contributed by atoms with Gasteiger partial charge in [-0.2, -0.15) is 4.98 Å². The summed E-state index contributed by atoms with van der Waals surface area (Å²) in [6.45, 7) is 2.15. The van der Waals surface area contributed by atoms with Crippen LogP contribution in [0.15, 0.2) is 6.20 Å². The van der Waals surface area contributed by atoms with Gasteiger partial charge >= 0.3 is 5.69 Å². The summed E-state index contributed by atoms with van der Waals surface area (Å²) in [5, 5.41) is 14.3. The molecule has 108 valence electrons. The molecule has 0 aliphatic carbocycles. The Morgan fingerprint density at radius 3 is 3.05 bits per heavy atom. The highest BCUT2D eigenvalue weighted by Gasteiger charge is 2.38. The number of nitrogens with zero attached hydrogens (tertiary/aromatic N) is 4. The molecule has 2 aliphatic heterocycles. The zero-order valence-electron chi connectivity index (χ0n) is 11.0. The number of rotatable bonds is 4. The SMILES string of the molecule is NNc1ncc([N+](=O)[O-])c(NC2CCN3CCCC23)n1. The minimum Gasteiger partial charge on any atom is -0.360 e. The molecule has 2 aliphatic rings. The lowest BCUT2D eigenvalue weighted by atomic mass is 10.1. The molecule has 2 fully saturated rings. The van der Waals surface area contributed by atoms with Gasteiger partial charge < -0.3 is 5.32 Å². The van der Waals surface area contributed by atoms with E-state index in [1.807, 2.05) is 0 Å². The van der Waals surface area contributed by atoms with E-state index in [4.69, 9.17) is 5.84 Å². The summed E-state index contributed by atoms with van der Waals surface area (Å²) in [5.41, 5.74) is 2.18. The van der Waals surface area contributed by atoms with Gasteiger partial charge in [0, 0.05) is 18.6 Å². The average molecular weight is 279 g/mol. The largest absolute Gasteiger partial charge is 0.360 e. The van der Waals surface area contributed by atoms with E-state index in [1.165, 1.54) is 12.6 Å². The number of nitrogens with one attached hydrogen (secondary N) is 2. The van der Waals surface area contributed by atoms with Gasteiger partial charge in [0.25, 0.3) is 0 Å². The number of hydrazine groups is 1. The second-order valence-corrected chi connectivity index (χ2v) is 5.11. The van der Waals surface area contributed by atoms with Crippen LogP contribution in [0.2, 0.25) is 0 Å². The van der Waals surface area contributed by atoms with E-state index in [0.29, 0.717) is 6.04 Å². The topological polar surface area (TPSA) is 122 Å². The van der Waals surface area contributed by atoms with E-state index in [-0.39, 0.29) is 23.5 Å². The summed E-state index contributed by atoms with van der Waals surface area (Å²) in [7, 11) is 0. The molecule has 2 saturated heterocycles. The molecular weight excluding hydrogens is 262 g/mol. The Kier molecular flexibility index (Phi) is 3.36. The van der Waals surface area contributed by atoms with Gasteiger partial charge in [-0.25, -0.2) is 10.8 Å². The summed E-state index contributed by atoms with van der Waals surface area (Å²) in [4.78, 5) is 20.8. The van der Waals surface area contributed by atoms with Crippen LogP contribution in [0.5, 0.6) is 0 Å². The minimum absolute atomic E-state index is 0.125. The van der Waals surface area contributed by atoms with Crippen LogP contribution in [-0.4, -0.2) is 45.0 Å². The van der Waals surface area contributed by atoms with Gasteiger partial charge in [-0.3, -0.25) is 20.4 Å². The van der Waals surface area contributed by atoms with Crippen molar-refractivity contribution in [1.82, 2.24) is 14.9 Å². The number of nitrogens with two attached hydrogens (primary N) is 1. The third kappa shape index (κ3) is 2.25. The number of hydrogen-bond acceptors (Lipinski definition) is 8. The van der Waals surface area contributed by atoms with Crippen molar-refractivity contribution in [1.29, 1.82) is 0 Å². The number of fused-ring (bicyclic) bond motifs is 1. The van der Waals surface area contributed by atoms with Crippen molar-refractivity contribution in [2.45, 2.75) is 31.3 Å². The molecule has 0 saturated carbocycles. The van der Waals surface area contributed by atoms with E-state index in [0.717, 1.165) is 25.9 Å². The van der Waals surface area contributed by atoms with Crippen LogP contribution in [0.4, 0.5) is 17.5 Å². The first-order valence-corrected chi connectivity index (χ1v) is 6.67. The first kappa shape index (κ1) is 13.0. The van der Waals surface area contributed by atoms with Crippen LogP contribution in [-0.2, 0) is 0 Å². The lowest BCUT2D eigenvalue weighted by molar-refractivity contribution is -0.384. The Labute approximate surface area is 115 Å². The lowest BCUT2D eigenvalue weighted by Crippen LogP contribution is -2.34. The van der Waals surface area contributed by atoms with E-state index in [9.17, 15) is 10.1 Å². The molecule has 0 aromatic carbocycles. The smallest absolute Gasteiger partial charge is 0.329 e. The van der Waals surface area contributed by atoms with Crippen LogP contribution in [0.1, 0.15) is 19.3 Å². The van der Waals surface area contributed by atoms with Crippen molar-refractivity contribution in [3.05, 3.63) is 16.3 Å². The maximum Gasteiger partial charge on any atom is 0.329 e. The molecule has 0 spiro atoms. The van der Waals surface area contributed by atoms with Gasteiger partial charge in [-0.1, -0.05) is 0 Å². The Morgan fingerprint density at radius 2 is 2.30 bits per heavy atom. The van der Waals surface area contributed by atoms with Crippen LogP contribution in [0, 0.1) is 10.1 Å². The molecule has 3 rings (SSSR count). The highest BCUT2D eigenvalue weighted by atomic mass is 16.6. The Bertz CT molecular complexity index is 523. The third-order valence-electron chi connectivity index (χ3n) is 4.02. The molecule has 0 bridgehead atoms. The fourth-order valence-electron chi connectivity index (χ4n) is 3.11. The van der Waals surface area contributed by atoms with Crippen molar-refractivity contribution in [3.63, 3.8) is 0 Å². The summed E-state index contributed by atoms with van der Waals surface area (Å²) in [6.07, 6.45) is 4.45. The molecule has 9 heteroatoms. The molecule has 1 aromatic heterocycles. The minimum atomic E-state index is -0.482. The summed E-state index contributed by atoms with van der Waals surface area (Å²) < 4.78 is 0. The fraction of sp³-hybridized carbons (Fsp3) is 0.636. The van der Waals surface area contributed by atoms with Gasteiger partial charge in [-0.05, 0) is 25.8 Å². The lowest BCUT2D eigenvalue weighted by Gasteiger charge is -2.21. The highest BCUT2D eigenvalue weighted by molar-refractivity contribution is 5.57. The van der Waals surface area contributed by atoms with Gasteiger partial charge in [0.1, 0.15) is 6.20 Å². The zero-order valence-corrected chi connectivity index (χ0v) is 11.0. The van der Waals surface area contributed by atoms with Gasteiger partial charge in [0.15, 0.2) is 0 Å². The molecule has 1 aromatic rings. The van der Waals surface area contributed by atoms with Crippen LogP contribution < -0.4 is 16.6 Å². The van der Waals surface area contributed by atoms with Crippen LogP contribution >= 0.6 is 0 Å². The molecular formula is C11H17N7O2. The number of hydrogen-bond donors (Lipinski definition) is 3.